The predicted octanol–water partition coefficient (Wildman–Crippen LogP) is 2.19. The number of piperidine rings is 2. The summed E-state index contributed by atoms with van der Waals surface area (Å²) in [5.41, 5.74) is 1.87. The molecule has 3 unspecified atom stereocenters. The van der Waals surface area contributed by atoms with Crippen LogP contribution in [0.2, 0.25) is 0 Å². The zero-order valence-electron chi connectivity index (χ0n) is 15.0. The average molecular weight is 395 g/mol. The van der Waals surface area contributed by atoms with Gasteiger partial charge in [-0.2, -0.15) is 13.2 Å². The van der Waals surface area contributed by atoms with E-state index in [4.69, 9.17) is 0 Å². The molecule has 3 atom stereocenters. The van der Waals surface area contributed by atoms with Crippen molar-refractivity contribution < 1.29 is 27.6 Å². The molecule has 2 fully saturated rings. The molecule has 0 bridgehead atoms. The van der Waals surface area contributed by atoms with Crippen LogP contribution in [-0.2, 0) is 16.1 Å². The Morgan fingerprint density at radius 1 is 1.07 bits per heavy atom. The van der Waals surface area contributed by atoms with E-state index in [-0.39, 0.29) is 37.6 Å². The fourth-order valence-electron chi connectivity index (χ4n) is 4.27. The summed E-state index contributed by atoms with van der Waals surface area (Å²) in [6, 6.07) is 2.41. The lowest BCUT2D eigenvalue weighted by Crippen LogP contribution is -2.52. The van der Waals surface area contributed by atoms with Crippen molar-refractivity contribution in [2.24, 2.45) is 0 Å². The summed E-state index contributed by atoms with van der Waals surface area (Å²) in [4.78, 5) is 37.5. The van der Waals surface area contributed by atoms with Crippen molar-refractivity contribution in [3.05, 3.63) is 34.9 Å². The van der Waals surface area contributed by atoms with Gasteiger partial charge in [-0.25, -0.2) is 0 Å². The Bertz CT molecular complexity index is 839. The van der Waals surface area contributed by atoms with Crippen LogP contribution in [0.5, 0.6) is 0 Å². The van der Waals surface area contributed by atoms with Gasteiger partial charge in [0.1, 0.15) is 12.1 Å². The number of halogens is 3. The summed E-state index contributed by atoms with van der Waals surface area (Å²) in [7, 11) is 0. The minimum absolute atomic E-state index is 0.0622. The third-order valence-corrected chi connectivity index (χ3v) is 5.73. The van der Waals surface area contributed by atoms with E-state index >= 15 is 0 Å². The third-order valence-electron chi connectivity index (χ3n) is 5.73. The van der Waals surface area contributed by atoms with Crippen LogP contribution in [0.25, 0.3) is 0 Å². The Kier molecular flexibility index (Phi) is 4.65. The summed E-state index contributed by atoms with van der Waals surface area (Å²) in [6.07, 6.45) is -2.71. The van der Waals surface area contributed by atoms with E-state index < -0.39 is 30.2 Å². The van der Waals surface area contributed by atoms with Gasteiger partial charge in [0.15, 0.2) is 0 Å². The Morgan fingerprint density at radius 2 is 1.86 bits per heavy atom. The minimum atomic E-state index is -4.28. The molecular formula is C19H20F3N3O3. The first-order chi connectivity index (χ1) is 13.2. The van der Waals surface area contributed by atoms with Crippen LogP contribution in [0.15, 0.2) is 18.2 Å². The van der Waals surface area contributed by atoms with E-state index in [1.807, 2.05) is 0 Å². The molecular weight excluding hydrogens is 375 g/mol. The maximum atomic E-state index is 13.0. The van der Waals surface area contributed by atoms with Gasteiger partial charge in [0, 0.05) is 24.6 Å². The number of alkyl halides is 3. The minimum Gasteiger partial charge on any atom is -0.322 e. The van der Waals surface area contributed by atoms with Crippen LogP contribution >= 0.6 is 0 Å². The molecule has 0 aliphatic carbocycles. The Balaban J connectivity index is 1.53. The number of imide groups is 1. The highest BCUT2D eigenvalue weighted by atomic mass is 19.4. The lowest BCUT2D eigenvalue weighted by atomic mass is 9.91. The highest BCUT2D eigenvalue weighted by Gasteiger charge is 2.43. The predicted molar refractivity (Wildman–Crippen MR) is 92.1 cm³/mol. The second kappa shape index (κ2) is 6.88. The van der Waals surface area contributed by atoms with Crippen molar-refractivity contribution in [3.8, 4) is 0 Å². The van der Waals surface area contributed by atoms with Crippen LogP contribution < -0.4 is 10.6 Å². The van der Waals surface area contributed by atoms with E-state index in [2.05, 4.69) is 10.6 Å². The topological polar surface area (TPSA) is 78.5 Å². The van der Waals surface area contributed by atoms with Gasteiger partial charge in [-0.3, -0.25) is 25.0 Å². The van der Waals surface area contributed by atoms with Gasteiger partial charge in [0.05, 0.1) is 0 Å². The fourth-order valence-corrected chi connectivity index (χ4v) is 4.27. The lowest BCUT2D eigenvalue weighted by Gasteiger charge is -2.32. The molecule has 2 saturated heterocycles. The largest absolute Gasteiger partial charge is 0.403 e. The normalized spacial score (nSPS) is 28.3. The first-order valence-electron chi connectivity index (χ1n) is 9.34. The first kappa shape index (κ1) is 18.9. The Morgan fingerprint density at radius 3 is 2.57 bits per heavy atom. The first-order valence-corrected chi connectivity index (χ1v) is 9.34. The highest BCUT2D eigenvalue weighted by molar-refractivity contribution is 6.05. The quantitative estimate of drug-likeness (QED) is 0.753. The van der Waals surface area contributed by atoms with Crippen molar-refractivity contribution in [2.45, 2.75) is 63.0 Å². The van der Waals surface area contributed by atoms with Gasteiger partial charge in [-0.1, -0.05) is 12.1 Å². The number of amides is 3. The molecule has 3 amide bonds. The summed E-state index contributed by atoms with van der Waals surface area (Å²) >= 11 is 0. The summed E-state index contributed by atoms with van der Waals surface area (Å²) in [5.74, 6) is -1.13. The van der Waals surface area contributed by atoms with Crippen molar-refractivity contribution in [2.75, 3.05) is 0 Å². The second-order valence-electron chi connectivity index (χ2n) is 7.56. The van der Waals surface area contributed by atoms with Crippen LogP contribution in [-0.4, -0.2) is 40.9 Å². The van der Waals surface area contributed by atoms with Gasteiger partial charge in [-0.15, -0.1) is 0 Å². The molecule has 3 aliphatic rings. The third kappa shape index (κ3) is 3.39. The molecule has 0 aromatic heterocycles. The SMILES string of the molecule is O=C1CCC(N2Cc3cc(C4CCCC(C(F)(F)F)N4)ccc3C2=O)C(=O)N1. The van der Waals surface area contributed by atoms with E-state index in [0.717, 1.165) is 0 Å². The smallest absolute Gasteiger partial charge is 0.322 e. The zero-order valence-corrected chi connectivity index (χ0v) is 15.0. The molecule has 150 valence electrons. The number of hydrogen-bond acceptors (Lipinski definition) is 4. The number of fused-ring (bicyclic) bond motifs is 1. The fraction of sp³-hybridized carbons (Fsp3) is 0.526. The molecule has 1 aromatic rings. The second-order valence-corrected chi connectivity index (χ2v) is 7.56. The Hall–Kier alpha value is -2.42. The molecule has 0 radical (unpaired) electrons. The maximum absolute atomic E-state index is 13.0. The summed E-state index contributed by atoms with van der Waals surface area (Å²) < 4.78 is 39.1. The van der Waals surface area contributed by atoms with Gasteiger partial charge in [-0.05, 0) is 42.9 Å². The molecule has 0 saturated carbocycles. The molecule has 4 rings (SSSR count). The summed E-state index contributed by atoms with van der Waals surface area (Å²) in [6.45, 7) is 0.212. The van der Waals surface area contributed by atoms with Gasteiger partial charge >= 0.3 is 6.18 Å². The van der Waals surface area contributed by atoms with Crippen molar-refractivity contribution in [1.82, 2.24) is 15.5 Å². The van der Waals surface area contributed by atoms with Crippen LogP contribution in [0.3, 0.4) is 0 Å². The van der Waals surface area contributed by atoms with E-state index in [0.29, 0.717) is 29.5 Å². The van der Waals surface area contributed by atoms with Crippen LogP contribution in [0.1, 0.15) is 59.6 Å². The maximum Gasteiger partial charge on any atom is 0.403 e. The molecule has 1 aromatic carbocycles. The average Bonchev–Trinajstić information content (AvgIpc) is 2.97. The molecule has 0 spiro atoms. The van der Waals surface area contributed by atoms with Crippen LogP contribution in [0.4, 0.5) is 13.2 Å². The monoisotopic (exact) mass is 395 g/mol. The van der Waals surface area contributed by atoms with Crippen molar-refractivity contribution in [3.63, 3.8) is 0 Å². The molecule has 28 heavy (non-hydrogen) atoms. The van der Waals surface area contributed by atoms with E-state index in [1.165, 1.54) is 4.90 Å². The number of nitrogens with one attached hydrogen (secondary N) is 2. The highest BCUT2D eigenvalue weighted by Crippen LogP contribution is 2.35. The molecule has 9 heteroatoms. The summed E-state index contributed by atoms with van der Waals surface area (Å²) in [5, 5.41) is 4.92. The molecule has 3 aliphatic heterocycles. The standard InChI is InChI=1S/C19H20F3N3O3/c20-19(21,22)15-3-1-2-13(23-15)10-4-5-12-11(8-10)9-25(18(12)28)14-6-7-16(26)24-17(14)27/h4-5,8,13-15,23H,1-3,6-7,9H2,(H,24,26,27). The van der Waals surface area contributed by atoms with Gasteiger partial charge in [0.2, 0.25) is 11.8 Å². The Labute approximate surface area is 159 Å². The molecule has 3 heterocycles. The number of carbonyl (C=O) groups excluding carboxylic acids is 3. The van der Waals surface area contributed by atoms with Crippen molar-refractivity contribution >= 4 is 17.7 Å². The lowest BCUT2D eigenvalue weighted by molar-refractivity contribution is -0.163. The number of benzene rings is 1. The van der Waals surface area contributed by atoms with E-state index in [9.17, 15) is 27.6 Å². The molecule has 2 N–H and O–H groups in total. The number of carbonyl (C=O) groups is 3. The van der Waals surface area contributed by atoms with E-state index in [1.54, 1.807) is 18.2 Å². The van der Waals surface area contributed by atoms with Gasteiger partial charge in [0.25, 0.3) is 5.91 Å². The zero-order chi connectivity index (χ0) is 20.1. The number of rotatable bonds is 2. The molecule has 6 nitrogen and oxygen atoms in total. The van der Waals surface area contributed by atoms with Crippen LogP contribution in [0, 0.1) is 0 Å². The van der Waals surface area contributed by atoms with Crippen molar-refractivity contribution in [1.29, 1.82) is 0 Å². The number of hydrogen-bond donors (Lipinski definition) is 2. The van der Waals surface area contributed by atoms with Gasteiger partial charge < -0.3 is 4.90 Å². The number of nitrogens with zero attached hydrogens (tertiary/aromatic N) is 1.